The number of halogens is 4. The highest BCUT2D eigenvalue weighted by Crippen LogP contribution is 2.42. The second-order valence-electron chi connectivity index (χ2n) is 3.39. The molecule has 0 aliphatic heterocycles. The van der Waals surface area contributed by atoms with Crippen LogP contribution in [0.1, 0.15) is 0 Å². The van der Waals surface area contributed by atoms with Gasteiger partial charge < -0.3 is 0 Å². The molecule has 0 fully saturated rings. The molecule has 88 valence electrons. The second-order valence-corrected chi connectivity index (χ2v) is 5.47. The minimum absolute atomic E-state index is 0.414. The molecule has 0 nitrogen and oxygen atoms in total. The van der Waals surface area contributed by atoms with Crippen molar-refractivity contribution in [1.82, 2.24) is 0 Å². The predicted octanol–water partition coefficient (Wildman–Crippen LogP) is 6.26. The number of thiol groups is 1. The maximum Gasteiger partial charge on any atom is 0.0686 e. The molecule has 2 aromatic carbocycles. The van der Waals surface area contributed by atoms with Gasteiger partial charge in [-0.2, -0.15) is 0 Å². The summed E-state index contributed by atoms with van der Waals surface area (Å²) < 4.78 is 0. The summed E-state index contributed by atoms with van der Waals surface area (Å²) in [5.41, 5.74) is 1.52. The summed E-state index contributed by atoms with van der Waals surface area (Å²) in [6, 6.07) is 8.82. The van der Waals surface area contributed by atoms with Crippen LogP contribution in [0.5, 0.6) is 0 Å². The van der Waals surface area contributed by atoms with E-state index in [1.54, 1.807) is 18.2 Å². The van der Waals surface area contributed by atoms with Crippen LogP contribution in [-0.4, -0.2) is 0 Å². The Balaban J connectivity index is 2.70. The summed E-state index contributed by atoms with van der Waals surface area (Å²) in [7, 11) is 0. The van der Waals surface area contributed by atoms with E-state index in [0.717, 1.165) is 5.56 Å². The summed E-state index contributed by atoms with van der Waals surface area (Å²) >= 11 is 28.4. The first-order valence-corrected chi connectivity index (χ1v) is 6.59. The van der Waals surface area contributed by atoms with Crippen molar-refractivity contribution in [2.75, 3.05) is 0 Å². The van der Waals surface area contributed by atoms with Crippen LogP contribution in [0.2, 0.25) is 20.1 Å². The molecule has 0 aromatic heterocycles. The van der Waals surface area contributed by atoms with Gasteiger partial charge in [0.25, 0.3) is 0 Å². The summed E-state index contributed by atoms with van der Waals surface area (Å²) in [4.78, 5) is 0.589. The minimum atomic E-state index is 0.414. The van der Waals surface area contributed by atoms with E-state index in [1.807, 2.05) is 12.1 Å². The van der Waals surface area contributed by atoms with Gasteiger partial charge in [0.15, 0.2) is 0 Å². The summed E-state index contributed by atoms with van der Waals surface area (Å²) in [6.45, 7) is 0. The van der Waals surface area contributed by atoms with Crippen molar-refractivity contribution in [2.45, 2.75) is 4.90 Å². The zero-order chi connectivity index (χ0) is 12.6. The second kappa shape index (κ2) is 5.29. The van der Waals surface area contributed by atoms with Crippen LogP contribution in [0, 0.1) is 0 Å². The highest BCUT2D eigenvalue weighted by Gasteiger charge is 2.14. The number of hydrogen-bond acceptors (Lipinski definition) is 1. The van der Waals surface area contributed by atoms with Crippen LogP contribution in [0.25, 0.3) is 11.1 Å². The molecule has 0 aliphatic rings. The molecule has 0 aliphatic carbocycles. The topological polar surface area (TPSA) is 0 Å². The van der Waals surface area contributed by atoms with Crippen molar-refractivity contribution in [3.63, 3.8) is 0 Å². The Morgan fingerprint density at radius 3 is 2.00 bits per heavy atom. The first kappa shape index (κ1) is 13.4. The Labute approximate surface area is 125 Å². The lowest BCUT2D eigenvalue weighted by molar-refractivity contribution is 1.46. The number of rotatable bonds is 1. The van der Waals surface area contributed by atoms with Gasteiger partial charge in [0.2, 0.25) is 0 Å². The summed E-state index contributed by atoms with van der Waals surface area (Å²) in [5.74, 6) is 0. The van der Waals surface area contributed by atoms with Crippen molar-refractivity contribution < 1.29 is 0 Å². The van der Waals surface area contributed by atoms with Gasteiger partial charge in [-0.3, -0.25) is 0 Å². The summed E-state index contributed by atoms with van der Waals surface area (Å²) in [5, 5.41) is 1.96. The van der Waals surface area contributed by atoms with Crippen molar-refractivity contribution >= 4 is 59.0 Å². The molecule has 17 heavy (non-hydrogen) atoms. The lowest BCUT2D eigenvalue weighted by Crippen LogP contribution is -1.85. The van der Waals surface area contributed by atoms with Crippen LogP contribution in [0.3, 0.4) is 0 Å². The molecule has 0 heterocycles. The molecule has 2 aromatic rings. The molecule has 0 radical (unpaired) electrons. The van der Waals surface area contributed by atoms with E-state index in [-0.39, 0.29) is 0 Å². The molecule has 0 unspecified atom stereocenters. The number of hydrogen-bond donors (Lipinski definition) is 1. The van der Waals surface area contributed by atoms with Crippen LogP contribution in [0.15, 0.2) is 35.2 Å². The third-order valence-electron chi connectivity index (χ3n) is 2.27. The molecular weight excluding hydrogens is 318 g/mol. The van der Waals surface area contributed by atoms with Crippen LogP contribution < -0.4 is 0 Å². The molecule has 0 saturated heterocycles. The fourth-order valence-electron chi connectivity index (χ4n) is 1.46. The van der Waals surface area contributed by atoms with Gasteiger partial charge in [0.05, 0.1) is 15.1 Å². The van der Waals surface area contributed by atoms with Crippen molar-refractivity contribution in [2.24, 2.45) is 0 Å². The van der Waals surface area contributed by atoms with E-state index in [1.165, 1.54) is 0 Å². The van der Waals surface area contributed by atoms with Crippen LogP contribution in [-0.2, 0) is 0 Å². The molecule has 0 spiro atoms. The van der Waals surface area contributed by atoms with Crippen molar-refractivity contribution in [3.8, 4) is 11.1 Å². The monoisotopic (exact) mass is 322 g/mol. The highest BCUT2D eigenvalue weighted by molar-refractivity contribution is 7.80. The van der Waals surface area contributed by atoms with Gasteiger partial charge in [-0.25, -0.2) is 0 Å². The SMILES string of the molecule is Sc1cc(Cl)c(Cl)c(-c2ccc(Cl)cc2)c1Cl. The molecule has 0 saturated carbocycles. The normalized spacial score (nSPS) is 10.6. The molecule has 0 atom stereocenters. The van der Waals surface area contributed by atoms with Gasteiger partial charge in [0.1, 0.15) is 0 Å². The van der Waals surface area contributed by atoms with E-state index in [4.69, 9.17) is 46.4 Å². The molecule has 2 rings (SSSR count). The lowest BCUT2D eigenvalue weighted by atomic mass is 10.1. The van der Waals surface area contributed by atoms with E-state index >= 15 is 0 Å². The Bertz CT molecular complexity index is 537. The lowest BCUT2D eigenvalue weighted by Gasteiger charge is -2.11. The summed E-state index contributed by atoms with van der Waals surface area (Å²) in [6.07, 6.45) is 0. The average Bonchev–Trinajstić information content (AvgIpc) is 2.29. The maximum atomic E-state index is 6.19. The van der Waals surface area contributed by atoms with Gasteiger partial charge in [-0.05, 0) is 23.8 Å². The van der Waals surface area contributed by atoms with Gasteiger partial charge in [0, 0.05) is 15.5 Å². The van der Waals surface area contributed by atoms with E-state index < -0.39 is 0 Å². The van der Waals surface area contributed by atoms with Gasteiger partial charge in [-0.15, -0.1) is 12.6 Å². The molecule has 0 amide bonds. The Morgan fingerprint density at radius 2 is 1.41 bits per heavy atom. The molecule has 0 N–H and O–H groups in total. The fraction of sp³-hybridized carbons (Fsp3) is 0. The predicted molar refractivity (Wildman–Crippen MR) is 79.2 cm³/mol. The maximum absolute atomic E-state index is 6.19. The van der Waals surface area contributed by atoms with E-state index in [0.29, 0.717) is 30.5 Å². The first-order chi connectivity index (χ1) is 8.00. The average molecular weight is 324 g/mol. The Hall–Kier alpha value is -0.0500. The van der Waals surface area contributed by atoms with E-state index in [2.05, 4.69) is 12.6 Å². The third-order valence-corrected chi connectivity index (χ3v) is 4.19. The standard InChI is InChI=1S/C12H6Cl4S/c13-7-3-1-6(2-4-7)10-11(15)8(14)5-9(17)12(10)16/h1-5,17H. The highest BCUT2D eigenvalue weighted by atomic mass is 35.5. The van der Waals surface area contributed by atoms with Crippen molar-refractivity contribution in [3.05, 3.63) is 50.4 Å². The fourth-order valence-corrected chi connectivity index (χ4v) is 2.67. The molecule has 5 heteroatoms. The molecular formula is C12H6Cl4S. The van der Waals surface area contributed by atoms with Crippen LogP contribution in [0.4, 0.5) is 0 Å². The zero-order valence-electron chi connectivity index (χ0n) is 8.35. The Kier molecular flexibility index (Phi) is 4.17. The minimum Gasteiger partial charge on any atom is -0.142 e. The first-order valence-electron chi connectivity index (χ1n) is 4.63. The van der Waals surface area contributed by atoms with E-state index in [9.17, 15) is 0 Å². The quantitative estimate of drug-likeness (QED) is 0.465. The van der Waals surface area contributed by atoms with Gasteiger partial charge in [-0.1, -0.05) is 58.5 Å². The molecule has 0 bridgehead atoms. The zero-order valence-corrected chi connectivity index (χ0v) is 12.3. The smallest absolute Gasteiger partial charge is 0.0686 e. The van der Waals surface area contributed by atoms with Gasteiger partial charge >= 0.3 is 0 Å². The third kappa shape index (κ3) is 2.69. The van der Waals surface area contributed by atoms with Crippen molar-refractivity contribution in [1.29, 1.82) is 0 Å². The van der Waals surface area contributed by atoms with Crippen LogP contribution >= 0.6 is 59.0 Å². The Morgan fingerprint density at radius 1 is 0.824 bits per heavy atom. The largest absolute Gasteiger partial charge is 0.142 e. The number of benzene rings is 2.